The number of halogens is 4. The molecule has 0 aliphatic rings. The van der Waals surface area contributed by atoms with Gasteiger partial charge in [-0.1, -0.05) is 13.0 Å². The molecule has 2 aromatic heterocycles. The average Bonchev–Trinajstić information content (AvgIpc) is 2.69. The van der Waals surface area contributed by atoms with E-state index in [2.05, 4.69) is 25.6 Å². The Kier molecular flexibility index (Phi) is 5.95. The average molecular weight is 405 g/mol. The molecule has 0 saturated heterocycles. The van der Waals surface area contributed by atoms with Crippen molar-refractivity contribution in [2.75, 3.05) is 10.6 Å². The summed E-state index contributed by atoms with van der Waals surface area (Å²) in [4.78, 5) is 12.7. The third-order valence-corrected chi connectivity index (χ3v) is 4.24. The number of nitrogens with zero attached hydrogens (tertiary/aromatic N) is 3. The van der Waals surface area contributed by atoms with Crippen LogP contribution < -0.4 is 10.6 Å². The molecule has 0 fully saturated rings. The number of hydrogen-bond donors (Lipinski definition) is 2. The van der Waals surface area contributed by atoms with E-state index in [0.29, 0.717) is 11.3 Å². The molecule has 0 radical (unpaired) electrons. The van der Waals surface area contributed by atoms with Gasteiger partial charge in [0.2, 0.25) is 5.95 Å². The van der Waals surface area contributed by atoms with E-state index in [-0.39, 0.29) is 17.8 Å². The third-order valence-electron chi connectivity index (χ3n) is 4.24. The second kappa shape index (κ2) is 8.42. The fourth-order valence-electron chi connectivity index (χ4n) is 2.58. The normalized spacial score (nSPS) is 12.5. The van der Waals surface area contributed by atoms with Crippen LogP contribution in [0.4, 0.5) is 35.0 Å². The van der Waals surface area contributed by atoms with Gasteiger partial charge in [-0.15, -0.1) is 0 Å². The van der Waals surface area contributed by atoms with E-state index >= 15 is 0 Å². The second-order valence-corrected chi connectivity index (χ2v) is 6.44. The zero-order chi connectivity index (χ0) is 21.0. The lowest BCUT2D eigenvalue weighted by Crippen LogP contribution is -2.17. The van der Waals surface area contributed by atoms with Gasteiger partial charge in [0.05, 0.1) is 16.9 Å². The minimum atomic E-state index is -4.72. The first-order valence-electron chi connectivity index (χ1n) is 8.96. The van der Waals surface area contributed by atoms with Crippen LogP contribution in [0.1, 0.15) is 25.8 Å². The van der Waals surface area contributed by atoms with Gasteiger partial charge in [0.25, 0.3) is 0 Å². The highest BCUT2D eigenvalue weighted by Gasteiger charge is 2.35. The molecule has 3 aromatic rings. The first kappa shape index (κ1) is 20.5. The van der Waals surface area contributed by atoms with E-state index in [9.17, 15) is 17.6 Å². The maximum Gasteiger partial charge on any atom is 0.418 e. The molecular weight excluding hydrogens is 386 g/mol. The molecule has 2 heterocycles. The van der Waals surface area contributed by atoms with Crippen LogP contribution in [0.25, 0.3) is 11.3 Å². The summed E-state index contributed by atoms with van der Waals surface area (Å²) < 4.78 is 54.2. The van der Waals surface area contributed by atoms with Crippen molar-refractivity contribution >= 4 is 17.5 Å². The quantitative estimate of drug-likeness (QED) is 0.519. The van der Waals surface area contributed by atoms with Crippen LogP contribution in [0.15, 0.2) is 48.8 Å². The summed E-state index contributed by atoms with van der Waals surface area (Å²) in [5.41, 5.74) is -0.721. The molecule has 3 rings (SSSR count). The predicted molar refractivity (Wildman–Crippen MR) is 103 cm³/mol. The summed E-state index contributed by atoms with van der Waals surface area (Å²) >= 11 is 0. The third kappa shape index (κ3) is 4.98. The Morgan fingerprint density at radius 3 is 2.55 bits per heavy atom. The molecule has 9 heteroatoms. The summed E-state index contributed by atoms with van der Waals surface area (Å²) in [5, 5.41) is 5.57. The standard InChI is InChI=1S/C20H19F4N5/c1-3-12(2)26-19-27-16(13-6-5-9-25-11-13)10-17(29-19)28-18-14(20(22,23)24)7-4-8-15(18)21/h4-12H,3H2,1-2H3,(H2,26,27,28,29)/t12-/m0/s1. The molecule has 0 spiro atoms. The summed E-state index contributed by atoms with van der Waals surface area (Å²) in [5.74, 6) is -0.786. The second-order valence-electron chi connectivity index (χ2n) is 6.44. The molecule has 152 valence electrons. The van der Waals surface area contributed by atoms with Gasteiger partial charge in [-0.05, 0) is 37.6 Å². The largest absolute Gasteiger partial charge is 0.418 e. The molecule has 2 N–H and O–H groups in total. The van der Waals surface area contributed by atoms with Gasteiger partial charge >= 0.3 is 6.18 Å². The summed E-state index contributed by atoms with van der Waals surface area (Å²) in [6, 6.07) is 7.74. The minimum Gasteiger partial charge on any atom is -0.352 e. The van der Waals surface area contributed by atoms with E-state index in [1.807, 2.05) is 13.8 Å². The van der Waals surface area contributed by atoms with Crippen molar-refractivity contribution in [2.45, 2.75) is 32.5 Å². The van der Waals surface area contributed by atoms with Crippen LogP contribution >= 0.6 is 0 Å². The van der Waals surface area contributed by atoms with Gasteiger partial charge < -0.3 is 10.6 Å². The highest BCUT2D eigenvalue weighted by molar-refractivity contribution is 5.68. The van der Waals surface area contributed by atoms with Crippen LogP contribution in [0, 0.1) is 5.82 Å². The van der Waals surface area contributed by atoms with Gasteiger partial charge in [0.15, 0.2) is 0 Å². The summed E-state index contributed by atoms with van der Waals surface area (Å²) in [6.45, 7) is 3.89. The molecule has 1 aromatic carbocycles. The van der Waals surface area contributed by atoms with E-state index in [1.165, 1.54) is 6.07 Å². The van der Waals surface area contributed by atoms with Crippen molar-refractivity contribution in [3.63, 3.8) is 0 Å². The molecule has 0 bridgehead atoms. The lowest BCUT2D eigenvalue weighted by atomic mass is 10.1. The highest BCUT2D eigenvalue weighted by atomic mass is 19.4. The molecule has 0 aliphatic heterocycles. The number of alkyl halides is 3. The Bertz CT molecular complexity index is 976. The smallest absolute Gasteiger partial charge is 0.352 e. The van der Waals surface area contributed by atoms with E-state index in [4.69, 9.17) is 0 Å². The zero-order valence-corrected chi connectivity index (χ0v) is 15.8. The molecule has 0 saturated carbocycles. The van der Waals surface area contributed by atoms with Crippen LogP contribution in [0.3, 0.4) is 0 Å². The van der Waals surface area contributed by atoms with Gasteiger partial charge in [-0.3, -0.25) is 4.98 Å². The number of para-hydroxylation sites is 1. The first-order valence-corrected chi connectivity index (χ1v) is 8.96. The number of anilines is 3. The monoisotopic (exact) mass is 405 g/mol. The first-order chi connectivity index (χ1) is 13.8. The number of hydrogen-bond acceptors (Lipinski definition) is 5. The van der Waals surface area contributed by atoms with Crippen molar-refractivity contribution in [3.8, 4) is 11.3 Å². The maximum atomic E-state index is 14.2. The Labute approximate surface area is 165 Å². The predicted octanol–water partition coefficient (Wildman–Crippen LogP) is 5.65. The van der Waals surface area contributed by atoms with Gasteiger partial charge in [0, 0.05) is 30.1 Å². The fourth-order valence-corrected chi connectivity index (χ4v) is 2.58. The van der Waals surface area contributed by atoms with E-state index < -0.39 is 23.2 Å². The Hall–Kier alpha value is -3.23. The molecular formula is C20H19F4N5. The van der Waals surface area contributed by atoms with E-state index in [0.717, 1.165) is 24.6 Å². The molecule has 0 unspecified atom stereocenters. The van der Waals surface area contributed by atoms with Crippen LogP contribution in [-0.4, -0.2) is 21.0 Å². The maximum absolute atomic E-state index is 14.2. The Morgan fingerprint density at radius 2 is 1.90 bits per heavy atom. The van der Waals surface area contributed by atoms with E-state index in [1.54, 1.807) is 24.5 Å². The molecule has 29 heavy (non-hydrogen) atoms. The highest BCUT2D eigenvalue weighted by Crippen LogP contribution is 2.37. The van der Waals surface area contributed by atoms with Crippen LogP contribution in [0.5, 0.6) is 0 Å². The lowest BCUT2D eigenvalue weighted by molar-refractivity contribution is -0.137. The number of aromatic nitrogens is 3. The minimum absolute atomic E-state index is 0.0280. The Morgan fingerprint density at radius 1 is 1.10 bits per heavy atom. The Balaban J connectivity index is 2.07. The molecule has 1 atom stereocenters. The van der Waals surface area contributed by atoms with Gasteiger partial charge in [-0.25, -0.2) is 9.37 Å². The van der Waals surface area contributed by atoms with Crippen molar-refractivity contribution in [3.05, 3.63) is 60.2 Å². The molecule has 0 amide bonds. The number of nitrogens with one attached hydrogen (secondary N) is 2. The van der Waals surface area contributed by atoms with Crippen LogP contribution in [0.2, 0.25) is 0 Å². The topological polar surface area (TPSA) is 62.7 Å². The molecule has 0 aliphatic carbocycles. The lowest BCUT2D eigenvalue weighted by Gasteiger charge is -2.17. The summed E-state index contributed by atoms with van der Waals surface area (Å²) in [6.07, 6.45) is -0.767. The van der Waals surface area contributed by atoms with Crippen molar-refractivity contribution in [1.29, 1.82) is 0 Å². The number of rotatable bonds is 6. The van der Waals surface area contributed by atoms with Crippen molar-refractivity contribution < 1.29 is 17.6 Å². The number of benzene rings is 1. The zero-order valence-electron chi connectivity index (χ0n) is 15.8. The van der Waals surface area contributed by atoms with Crippen molar-refractivity contribution in [1.82, 2.24) is 15.0 Å². The van der Waals surface area contributed by atoms with Crippen LogP contribution in [-0.2, 0) is 6.18 Å². The summed E-state index contributed by atoms with van der Waals surface area (Å²) in [7, 11) is 0. The van der Waals surface area contributed by atoms with Gasteiger partial charge in [-0.2, -0.15) is 18.2 Å². The van der Waals surface area contributed by atoms with Gasteiger partial charge in [0.1, 0.15) is 11.6 Å². The SMILES string of the molecule is CC[C@H](C)Nc1nc(Nc2c(F)cccc2C(F)(F)F)cc(-c2cccnc2)n1. The molecule has 5 nitrogen and oxygen atoms in total. The fraction of sp³-hybridized carbons (Fsp3) is 0.250. The van der Waals surface area contributed by atoms with Crippen molar-refractivity contribution in [2.24, 2.45) is 0 Å². The number of pyridine rings is 1.